The monoisotopic (exact) mass is 354 g/mol. The summed E-state index contributed by atoms with van der Waals surface area (Å²) in [4.78, 5) is 27.1. The number of nitrogens with zero attached hydrogens (tertiary/aromatic N) is 1. The van der Waals surface area contributed by atoms with Crippen LogP contribution in [0.15, 0.2) is 54.6 Å². The second kappa shape index (κ2) is 8.13. The average molecular weight is 354 g/mol. The van der Waals surface area contributed by atoms with E-state index in [1.807, 2.05) is 6.07 Å². The van der Waals surface area contributed by atoms with E-state index >= 15 is 0 Å². The smallest absolute Gasteiger partial charge is 0.254 e. The highest BCUT2D eigenvalue weighted by atomic mass is 19.1. The SMILES string of the molecule is CN(C(=O)c1ccccc1)C(C(=O)NC1CCCC1)c1ccccc1F. The van der Waals surface area contributed by atoms with Gasteiger partial charge in [-0.2, -0.15) is 0 Å². The molecule has 1 aliphatic rings. The summed E-state index contributed by atoms with van der Waals surface area (Å²) in [5, 5.41) is 2.99. The molecule has 1 unspecified atom stereocenters. The topological polar surface area (TPSA) is 49.4 Å². The van der Waals surface area contributed by atoms with E-state index in [9.17, 15) is 14.0 Å². The molecule has 1 fully saturated rings. The van der Waals surface area contributed by atoms with E-state index in [4.69, 9.17) is 0 Å². The van der Waals surface area contributed by atoms with Gasteiger partial charge in [-0.25, -0.2) is 4.39 Å². The number of likely N-dealkylation sites (N-methyl/N-ethyl adjacent to an activating group) is 1. The van der Waals surface area contributed by atoms with Gasteiger partial charge in [0.2, 0.25) is 5.91 Å². The second-order valence-corrected chi connectivity index (χ2v) is 6.70. The molecule has 4 nitrogen and oxygen atoms in total. The number of rotatable bonds is 5. The first-order valence-electron chi connectivity index (χ1n) is 8.95. The minimum absolute atomic E-state index is 0.0944. The Labute approximate surface area is 153 Å². The van der Waals surface area contributed by atoms with Gasteiger partial charge >= 0.3 is 0 Å². The van der Waals surface area contributed by atoms with Crippen LogP contribution >= 0.6 is 0 Å². The molecule has 0 bridgehead atoms. The van der Waals surface area contributed by atoms with E-state index in [0.29, 0.717) is 5.56 Å². The molecule has 26 heavy (non-hydrogen) atoms. The fourth-order valence-corrected chi connectivity index (χ4v) is 3.47. The van der Waals surface area contributed by atoms with Crippen LogP contribution < -0.4 is 5.32 Å². The fourth-order valence-electron chi connectivity index (χ4n) is 3.47. The quantitative estimate of drug-likeness (QED) is 0.890. The normalized spacial score (nSPS) is 15.5. The molecular formula is C21H23FN2O2. The summed E-state index contributed by atoms with van der Waals surface area (Å²) in [6, 6.07) is 13.9. The lowest BCUT2D eigenvalue weighted by Crippen LogP contribution is -2.44. The summed E-state index contributed by atoms with van der Waals surface area (Å²) in [5.41, 5.74) is 0.666. The molecule has 1 saturated carbocycles. The highest BCUT2D eigenvalue weighted by Gasteiger charge is 2.32. The first kappa shape index (κ1) is 18.1. The van der Waals surface area contributed by atoms with Gasteiger partial charge in [-0.15, -0.1) is 0 Å². The second-order valence-electron chi connectivity index (χ2n) is 6.70. The van der Waals surface area contributed by atoms with Crippen LogP contribution in [-0.4, -0.2) is 29.8 Å². The van der Waals surface area contributed by atoms with Gasteiger partial charge in [0.15, 0.2) is 0 Å². The zero-order valence-electron chi connectivity index (χ0n) is 14.8. The lowest BCUT2D eigenvalue weighted by Gasteiger charge is -2.29. The molecular weight excluding hydrogens is 331 g/mol. The van der Waals surface area contributed by atoms with Crippen molar-refractivity contribution in [3.8, 4) is 0 Å². The number of hydrogen-bond acceptors (Lipinski definition) is 2. The van der Waals surface area contributed by atoms with Crippen LogP contribution in [0.2, 0.25) is 0 Å². The molecule has 0 saturated heterocycles. The van der Waals surface area contributed by atoms with Crippen molar-refractivity contribution in [2.75, 3.05) is 7.05 Å². The van der Waals surface area contributed by atoms with Crippen molar-refractivity contribution >= 4 is 11.8 Å². The van der Waals surface area contributed by atoms with Gasteiger partial charge in [-0.3, -0.25) is 9.59 Å². The molecule has 0 heterocycles. The maximum atomic E-state index is 14.4. The summed E-state index contributed by atoms with van der Waals surface area (Å²) in [6.07, 6.45) is 4.00. The van der Waals surface area contributed by atoms with Crippen LogP contribution in [0, 0.1) is 5.82 Å². The van der Waals surface area contributed by atoms with Crippen LogP contribution in [0.25, 0.3) is 0 Å². The van der Waals surface area contributed by atoms with Gasteiger partial charge in [0.05, 0.1) is 0 Å². The molecule has 136 valence electrons. The third-order valence-corrected chi connectivity index (χ3v) is 4.88. The summed E-state index contributed by atoms with van der Waals surface area (Å²) in [7, 11) is 1.54. The van der Waals surface area contributed by atoms with Crippen molar-refractivity contribution in [1.29, 1.82) is 0 Å². The largest absolute Gasteiger partial charge is 0.351 e. The number of nitrogens with one attached hydrogen (secondary N) is 1. The molecule has 1 aliphatic carbocycles. The Hall–Kier alpha value is -2.69. The molecule has 0 aliphatic heterocycles. The van der Waals surface area contributed by atoms with Crippen LogP contribution in [0.4, 0.5) is 4.39 Å². The number of halogens is 1. The van der Waals surface area contributed by atoms with Gasteiger partial charge in [0.1, 0.15) is 11.9 Å². The van der Waals surface area contributed by atoms with E-state index in [-0.39, 0.29) is 23.4 Å². The Bertz CT molecular complexity index is 773. The van der Waals surface area contributed by atoms with Crippen LogP contribution in [0.1, 0.15) is 47.6 Å². The molecule has 1 N–H and O–H groups in total. The molecule has 3 rings (SSSR count). The maximum absolute atomic E-state index is 14.4. The third-order valence-electron chi connectivity index (χ3n) is 4.88. The van der Waals surface area contributed by atoms with E-state index in [1.165, 1.54) is 11.0 Å². The molecule has 0 spiro atoms. The average Bonchev–Trinajstić information content (AvgIpc) is 3.16. The minimum atomic E-state index is -1.01. The van der Waals surface area contributed by atoms with Crippen LogP contribution in [0.3, 0.4) is 0 Å². The summed E-state index contributed by atoms with van der Waals surface area (Å²) in [5.74, 6) is -1.15. The number of hydrogen-bond donors (Lipinski definition) is 1. The molecule has 2 aromatic rings. The Balaban J connectivity index is 1.90. The minimum Gasteiger partial charge on any atom is -0.351 e. The Morgan fingerprint density at radius 3 is 2.31 bits per heavy atom. The summed E-state index contributed by atoms with van der Waals surface area (Å²) < 4.78 is 14.4. The molecule has 2 aromatic carbocycles. The van der Waals surface area contributed by atoms with Crippen molar-refractivity contribution in [3.63, 3.8) is 0 Å². The number of amides is 2. The van der Waals surface area contributed by atoms with E-state index in [0.717, 1.165) is 25.7 Å². The van der Waals surface area contributed by atoms with E-state index < -0.39 is 11.9 Å². The van der Waals surface area contributed by atoms with E-state index in [2.05, 4.69) is 5.32 Å². The lowest BCUT2D eigenvalue weighted by molar-refractivity contribution is -0.126. The van der Waals surface area contributed by atoms with Crippen molar-refractivity contribution < 1.29 is 14.0 Å². The van der Waals surface area contributed by atoms with Crippen molar-refractivity contribution in [2.45, 2.75) is 37.8 Å². The summed E-state index contributed by atoms with van der Waals surface area (Å²) in [6.45, 7) is 0. The number of benzene rings is 2. The maximum Gasteiger partial charge on any atom is 0.254 e. The molecule has 5 heteroatoms. The Morgan fingerprint density at radius 2 is 1.65 bits per heavy atom. The zero-order valence-corrected chi connectivity index (χ0v) is 14.8. The highest BCUT2D eigenvalue weighted by molar-refractivity contribution is 5.97. The standard InChI is InChI=1S/C21H23FN2O2/c1-24(21(26)15-9-3-2-4-10-15)19(17-13-7-8-14-18(17)22)20(25)23-16-11-5-6-12-16/h2-4,7-10,13-14,16,19H,5-6,11-12H2,1H3,(H,23,25). The molecule has 1 atom stereocenters. The molecule has 0 radical (unpaired) electrons. The van der Waals surface area contributed by atoms with Gasteiger partial charge in [-0.05, 0) is 31.0 Å². The van der Waals surface area contributed by atoms with Crippen molar-refractivity contribution in [1.82, 2.24) is 10.2 Å². The predicted octanol–water partition coefficient (Wildman–Crippen LogP) is 3.70. The van der Waals surface area contributed by atoms with Gasteiger partial charge in [0, 0.05) is 24.2 Å². The van der Waals surface area contributed by atoms with Gasteiger partial charge < -0.3 is 10.2 Å². The summed E-state index contributed by atoms with van der Waals surface area (Å²) >= 11 is 0. The first-order chi connectivity index (χ1) is 12.6. The van der Waals surface area contributed by atoms with Crippen LogP contribution in [-0.2, 0) is 4.79 Å². The lowest BCUT2D eigenvalue weighted by atomic mass is 10.0. The van der Waals surface area contributed by atoms with Gasteiger partial charge in [-0.1, -0.05) is 49.2 Å². The number of carbonyl (C=O) groups is 2. The third kappa shape index (κ3) is 3.93. The Kier molecular flexibility index (Phi) is 5.66. The molecule has 0 aromatic heterocycles. The highest BCUT2D eigenvalue weighted by Crippen LogP contribution is 2.26. The van der Waals surface area contributed by atoms with E-state index in [1.54, 1.807) is 49.5 Å². The number of carbonyl (C=O) groups excluding carboxylic acids is 2. The molecule has 2 amide bonds. The Morgan fingerprint density at radius 1 is 1.04 bits per heavy atom. The zero-order chi connectivity index (χ0) is 18.5. The van der Waals surface area contributed by atoms with Gasteiger partial charge in [0.25, 0.3) is 5.91 Å². The van der Waals surface area contributed by atoms with Crippen molar-refractivity contribution in [2.24, 2.45) is 0 Å². The van der Waals surface area contributed by atoms with Crippen LogP contribution in [0.5, 0.6) is 0 Å². The fraction of sp³-hybridized carbons (Fsp3) is 0.333. The first-order valence-corrected chi connectivity index (χ1v) is 8.95. The van der Waals surface area contributed by atoms with Crippen molar-refractivity contribution in [3.05, 3.63) is 71.5 Å². The predicted molar refractivity (Wildman–Crippen MR) is 98.1 cm³/mol.